The summed E-state index contributed by atoms with van der Waals surface area (Å²) in [6.07, 6.45) is 0.948. The molecule has 0 spiro atoms. The lowest BCUT2D eigenvalue weighted by molar-refractivity contribution is 0.458. The van der Waals surface area contributed by atoms with Crippen molar-refractivity contribution in [3.05, 3.63) is 29.8 Å². The topological polar surface area (TPSA) is 15.3 Å². The molecule has 1 aromatic carbocycles. The highest BCUT2D eigenvalue weighted by Gasteiger charge is 2.23. The molecular weight excluding hydrogens is 210 g/mol. The number of nitrogens with zero attached hydrogens (tertiary/aromatic N) is 1. The maximum Gasteiger partial charge on any atom is 0.149 e. The largest absolute Gasteiger partial charge is 0.364 e. The van der Waals surface area contributed by atoms with Gasteiger partial charge in [-0.25, -0.2) is 8.78 Å². The van der Waals surface area contributed by atoms with Crippen molar-refractivity contribution < 1.29 is 8.78 Å². The van der Waals surface area contributed by atoms with Crippen LogP contribution in [0.2, 0.25) is 0 Å². The quantitative estimate of drug-likeness (QED) is 0.831. The van der Waals surface area contributed by atoms with Gasteiger partial charge in [-0.2, -0.15) is 0 Å². The Labute approximate surface area is 94.3 Å². The van der Waals surface area contributed by atoms with Crippen LogP contribution in [0, 0.1) is 11.6 Å². The van der Waals surface area contributed by atoms with Crippen LogP contribution in [0.25, 0.3) is 0 Å². The molecule has 0 bridgehead atoms. The summed E-state index contributed by atoms with van der Waals surface area (Å²) in [6, 6.07) is 4.07. The molecule has 0 amide bonds. The van der Waals surface area contributed by atoms with Crippen LogP contribution >= 0.6 is 0 Å². The zero-order valence-corrected chi connectivity index (χ0v) is 9.34. The van der Waals surface area contributed by atoms with Crippen LogP contribution < -0.4 is 10.2 Å². The number of halogens is 2. The minimum atomic E-state index is -0.524. The first kappa shape index (κ1) is 11.3. The summed E-state index contributed by atoms with van der Waals surface area (Å²) in [5, 5.41) is 3.28. The number of hydrogen-bond acceptors (Lipinski definition) is 2. The minimum Gasteiger partial charge on any atom is -0.364 e. The van der Waals surface area contributed by atoms with Gasteiger partial charge in [0, 0.05) is 31.7 Å². The van der Waals surface area contributed by atoms with Crippen LogP contribution in [-0.4, -0.2) is 25.7 Å². The molecule has 1 fully saturated rings. The fraction of sp³-hybridized carbons (Fsp3) is 0.500. The average molecular weight is 226 g/mol. The van der Waals surface area contributed by atoms with Crippen molar-refractivity contribution in [3.63, 3.8) is 0 Å². The Morgan fingerprint density at radius 1 is 1.44 bits per heavy atom. The predicted molar refractivity (Wildman–Crippen MR) is 60.7 cm³/mol. The molecule has 1 unspecified atom stereocenters. The van der Waals surface area contributed by atoms with E-state index in [0.717, 1.165) is 32.1 Å². The number of benzene rings is 1. The Bertz CT molecular complexity index is 368. The summed E-state index contributed by atoms with van der Waals surface area (Å²) in [4.78, 5) is 2.02. The smallest absolute Gasteiger partial charge is 0.149 e. The zero-order valence-electron chi connectivity index (χ0n) is 9.34. The average Bonchev–Trinajstić information content (AvgIpc) is 2.29. The normalized spacial score (nSPS) is 21.2. The number of piperazine rings is 1. The number of anilines is 1. The highest BCUT2D eigenvalue weighted by Crippen LogP contribution is 2.24. The predicted octanol–water partition coefficient (Wildman–Crippen LogP) is 2.15. The molecule has 1 heterocycles. The van der Waals surface area contributed by atoms with Crippen LogP contribution in [0.3, 0.4) is 0 Å². The van der Waals surface area contributed by atoms with E-state index in [1.54, 1.807) is 0 Å². The second-order valence-corrected chi connectivity index (χ2v) is 4.06. The van der Waals surface area contributed by atoms with Crippen LogP contribution in [0.15, 0.2) is 18.2 Å². The van der Waals surface area contributed by atoms with Crippen LogP contribution in [0.4, 0.5) is 14.5 Å². The van der Waals surface area contributed by atoms with E-state index in [0.29, 0.717) is 5.69 Å². The monoisotopic (exact) mass is 226 g/mol. The minimum absolute atomic E-state index is 0.286. The Morgan fingerprint density at radius 3 is 2.94 bits per heavy atom. The number of rotatable bonds is 2. The van der Waals surface area contributed by atoms with E-state index in [1.807, 2.05) is 4.90 Å². The van der Waals surface area contributed by atoms with Crippen molar-refractivity contribution in [3.8, 4) is 0 Å². The number of hydrogen-bond donors (Lipinski definition) is 1. The number of nitrogens with one attached hydrogen (secondary N) is 1. The summed E-state index contributed by atoms with van der Waals surface area (Å²) in [6.45, 7) is 4.54. The van der Waals surface area contributed by atoms with Gasteiger partial charge in [-0.3, -0.25) is 0 Å². The Kier molecular flexibility index (Phi) is 3.39. The maximum atomic E-state index is 13.6. The molecule has 1 aliphatic rings. The van der Waals surface area contributed by atoms with Gasteiger partial charge in [0.05, 0.1) is 5.69 Å². The summed E-state index contributed by atoms with van der Waals surface area (Å²) >= 11 is 0. The Hall–Kier alpha value is -1.16. The van der Waals surface area contributed by atoms with Gasteiger partial charge in [0.25, 0.3) is 0 Å². The lowest BCUT2D eigenvalue weighted by Gasteiger charge is -2.37. The van der Waals surface area contributed by atoms with Gasteiger partial charge in [0.1, 0.15) is 11.6 Å². The van der Waals surface area contributed by atoms with Gasteiger partial charge in [0.2, 0.25) is 0 Å². The summed E-state index contributed by atoms with van der Waals surface area (Å²) in [5.74, 6) is -0.996. The Morgan fingerprint density at radius 2 is 2.25 bits per heavy atom. The third-order valence-corrected chi connectivity index (χ3v) is 3.04. The summed E-state index contributed by atoms with van der Waals surface area (Å²) in [7, 11) is 0. The first-order valence-corrected chi connectivity index (χ1v) is 5.64. The SMILES string of the molecule is CCC1CNCCN1c1ccc(F)cc1F. The second-order valence-electron chi connectivity index (χ2n) is 4.06. The van der Waals surface area contributed by atoms with Gasteiger partial charge in [0.15, 0.2) is 0 Å². The highest BCUT2D eigenvalue weighted by molar-refractivity contribution is 5.49. The molecule has 0 radical (unpaired) electrons. The fourth-order valence-corrected chi connectivity index (χ4v) is 2.16. The second kappa shape index (κ2) is 4.78. The van der Waals surface area contributed by atoms with Gasteiger partial charge in [-0.15, -0.1) is 0 Å². The lowest BCUT2D eigenvalue weighted by atomic mass is 10.1. The third-order valence-electron chi connectivity index (χ3n) is 3.04. The molecule has 0 saturated carbocycles. The van der Waals surface area contributed by atoms with Gasteiger partial charge >= 0.3 is 0 Å². The zero-order chi connectivity index (χ0) is 11.5. The van der Waals surface area contributed by atoms with Crippen molar-refractivity contribution >= 4 is 5.69 Å². The molecule has 16 heavy (non-hydrogen) atoms. The van der Waals surface area contributed by atoms with Crippen molar-refractivity contribution in [1.82, 2.24) is 5.32 Å². The molecule has 1 atom stereocenters. The van der Waals surface area contributed by atoms with Gasteiger partial charge in [-0.05, 0) is 18.6 Å². The molecule has 0 aromatic heterocycles. The van der Waals surface area contributed by atoms with E-state index >= 15 is 0 Å². The van der Waals surface area contributed by atoms with E-state index in [4.69, 9.17) is 0 Å². The van der Waals surface area contributed by atoms with Crippen molar-refractivity contribution in [2.24, 2.45) is 0 Å². The maximum absolute atomic E-state index is 13.6. The molecule has 0 aliphatic carbocycles. The van der Waals surface area contributed by atoms with E-state index < -0.39 is 11.6 Å². The first-order valence-electron chi connectivity index (χ1n) is 5.64. The highest BCUT2D eigenvalue weighted by atomic mass is 19.1. The van der Waals surface area contributed by atoms with E-state index in [9.17, 15) is 8.78 Å². The van der Waals surface area contributed by atoms with Crippen LogP contribution in [0.1, 0.15) is 13.3 Å². The third kappa shape index (κ3) is 2.16. The molecule has 1 saturated heterocycles. The molecule has 1 N–H and O–H groups in total. The van der Waals surface area contributed by atoms with Gasteiger partial charge in [-0.1, -0.05) is 6.92 Å². The molecule has 2 nitrogen and oxygen atoms in total. The van der Waals surface area contributed by atoms with Crippen molar-refractivity contribution in [1.29, 1.82) is 0 Å². The Balaban J connectivity index is 2.27. The first-order chi connectivity index (χ1) is 7.72. The molecule has 4 heteroatoms. The van der Waals surface area contributed by atoms with Crippen LogP contribution in [-0.2, 0) is 0 Å². The molecular formula is C12H16F2N2. The van der Waals surface area contributed by atoms with Gasteiger partial charge < -0.3 is 10.2 Å². The summed E-state index contributed by atoms with van der Waals surface area (Å²) in [5.41, 5.74) is 0.509. The standard InChI is InChI=1S/C12H16F2N2/c1-2-10-8-15-5-6-16(10)12-4-3-9(13)7-11(12)14/h3-4,7,10,15H,2,5-6,8H2,1H3. The lowest BCUT2D eigenvalue weighted by Crippen LogP contribution is -2.51. The fourth-order valence-electron chi connectivity index (χ4n) is 2.16. The molecule has 88 valence electrons. The van der Waals surface area contributed by atoms with E-state index in [1.165, 1.54) is 12.1 Å². The summed E-state index contributed by atoms with van der Waals surface area (Å²) < 4.78 is 26.5. The van der Waals surface area contributed by atoms with E-state index in [2.05, 4.69) is 12.2 Å². The van der Waals surface area contributed by atoms with E-state index in [-0.39, 0.29) is 6.04 Å². The van der Waals surface area contributed by atoms with Crippen molar-refractivity contribution in [2.75, 3.05) is 24.5 Å². The van der Waals surface area contributed by atoms with Crippen LogP contribution in [0.5, 0.6) is 0 Å². The molecule has 1 aliphatic heterocycles. The van der Waals surface area contributed by atoms with Crippen molar-refractivity contribution in [2.45, 2.75) is 19.4 Å². The molecule has 2 rings (SSSR count). The molecule has 1 aromatic rings.